The fourth-order valence-electron chi connectivity index (χ4n) is 3.42. The summed E-state index contributed by atoms with van der Waals surface area (Å²) in [4.78, 5) is 0. The summed E-state index contributed by atoms with van der Waals surface area (Å²) in [5, 5.41) is 3.82. The van der Waals surface area contributed by atoms with Crippen LogP contribution in [0.3, 0.4) is 0 Å². The van der Waals surface area contributed by atoms with Crippen LogP contribution in [0.1, 0.15) is 52.0 Å². The molecule has 0 aromatic heterocycles. The van der Waals surface area contributed by atoms with Gasteiger partial charge in [0.2, 0.25) is 0 Å². The van der Waals surface area contributed by atoms with Crippen LogP contribution >= 0.6 is 0 Å². The molecule has 2 atom stereocenters. The molecule has 2 unspecified atom stereocenters. The Kier molecular flexibility index (Phi) is 5.09. The number of rotatable bonds is 5. The van der Waals surface area contributed by atoms with E-state index in [1.807, 2.05) is 12.1 Å². The van der Waals surface area contributed by atoms with Gasteiger partial charge in [0, 0.05) is 12.1 Å². The van der Waals surface area contributed by atoms with Crippen molar-refractivity contribution in [2.24, 2.45) is 5.41 Å². The van der Waals surface area contributed by atoms with E-state index < -0.39 is 0 Å². The maximum atomic E-state index is 5.20. The third-order valence-corrected chi connectivity index (χ3v) is 4.43. The normalized spacial score (nSPS) is 23.3. The molecule has 112 valence electrons. The van der Waals surface area contributed by atoms with Gasteiger partial charge in [0.05, 0.1) is 7.11 Å². The van der Waals surface area contributed by atoms with Crippen LogP contribution in [0.15, 0.2) is 24.3 Å². The highest BCUT2D eigenvalue weighted by Crippen LogP contribution is 2.35. The Hall–Kier alpha value is -1.02. The summed E-state index contributed by atoms with van der Waals surface area (Å²) in [6.07, 6.45) is 6.45. The van der Waals surface area contributed by atoms with E-state index >= 15 is 0 Å². The predicted molar refractivity (Wildman–Crippen MR) is 85.3 cm³/mol. The monoisotopic (exact) mass is 275 g/mol. The first-order valence-corrected chi connectivity index (χ1v) is 7.87. The van der Waals surface area contributed by atoms with Crippen LogP contribution in [-0.4, -0.2) is 19.2 Å². The third-order valence-electron chi connectivity index (χ3n) is 4.43. The van der Waals surface area contributed by atoms with Gasteiger partial charge < -0.3 is 10.1 Å². The lowest BCUT2D eigenvalue weighted by Gasteiger charge is -2.37. The summed E-state index contributed by atoms with van der Waals surface area (Å²) >= 11 is 0. The first-order valence-electron chi connectivity index (χ1n) is 7.87. The van der Waals surface area contributed by atoms with E-state index in [0.717, 1.165) is 12.2 Å². The lowest BCUT2D eigenvalue weighted by Crippen LogP contribution is -2.42. The van der Waals surface area contributed by atoms with Gasteiger partial charge in [0.25, 0.3) is 0 Å². The lowest BCUT2D eigenvalue weighted by atomic mass is 9.75. The van der Waals surface area contributed by atoms with Crippen LogP contribution in [0.4, 0.5) is 0 Å². The Balaban J connectivity index is 1.83. The Labute approximate surface area is 123 Å². The molecule has 1 N–H and O–H groups in total. The Morgan fingerprint density at radius 2 is 2.00 bits per heavy atom. The molecule has 0 saturated heterocycles. The second kappa shape index (κ2) is 6.62. The molecule has 1 aliphatic carbocycles. The molecule has 2 heteroatoms. The summed E-state index contributed by atoms with van der Waals surface area (Å²) in [6, 6.07) is 9.65. The number of methoxy groups -OCH3 is 1. The third kappa shape index (κ3) is 4.52. The second-order valence-electron chi connectivity index (χ2n) is 7.08. The highest BCUT2D eigenvalue weighted by atomic mass is 16.5. The van der Waals surface area contributed by atoms with Crippen molar-refractivity contribution in [1.82, 2.24) is 5.32 Å². The predicted octanol–water partition coefficient (Wildman–Crippen LogP) is 4.18. The van der Waals surface area contributed by atoms with Crippen molar-refractivity contribution in [3.63, 3.8) is 0 Å². The van der Waals surface area contributed by atoms with Gasteiger partial charge in [-0.15, -0.1) is 0 Å². The van der Waals surface area contributed by atoms with Crippen molar-refractivity contribution in [3.05, 3.63) is 29.8 Å². The molecular formula is C18H29NO. The summed E-state index contributed by atoms with van der Waals surface area (Å²) in [6.45, 7) is 7.09. The number of hydrogen-bond donors (Lipinski definition) is 1. The summed E-state index contributed by atoms with van der Waals surface area (Å²) in [5.74, 6) is 0.934. The zero-order valence-corrected chi connectivity index (χ0v) is 13.4. The van der Waals surface area contributed by atoms with Gasteiger partial charge >= 0.3 is 0 Å². The Morgan fingerprint density at radius 1 is 1.30 bits per heavy atom. The van der Waals surface area contributed by atoms with E-state index in [9.17, 15) is 0 Å². The number of nitrogens with one attached hydrogen (secondary N) is 1. The van der Waals surface area contributed by atoms with Crippen LogP contribution in [0.25, 0.3) is 0 Å². The molecule has 0 amide bonds. The molecule has 0 aliphatic heterocycles. The van der Waals surface area contributed by atoms with Crippen molar-refractivity contribution in [1.29, 1.82) is 0 Å². The Morgan fingerprint density at radius 3 is 2.60 bits per heavy atom. The molecule has 2 rings (SSSR count). The van der Waals surface area contributed by atoms with Crippen LogP contribution < -0.4 is 10.1 Å². The molecular weight excluding hydrogens is 246 g/mol. The van der Waals surface area contributed by atoms with Crippen molar-refractivity contribution in [3.8, 4) is 5.75 Å². The molecule has 1 aliphatic rings. The van der Waals surface area contributed by atoms with Gasteiger partial charge in [0.15, 0.2) is 0 Å². The molecule has 0 spiro atoms. The molecule has 1 aromatic carbocycles. The zero-order chi connectivity index (χ0) is 14.6. The minimum Gasteiger partial charge on any atom is -0.497 e. The number of benzene rings is 1. The van der Waals surface area contributed by atoms with Gasteiger partial charge in [-0.2, -0.15) is 0 Å². The molecule has 20 heavy (non-hydrogen) atoms. The number of ether oxygens (including phenoxy) is 1. The SMILES string of the molecule is COc1ccc(CC(C)NC2CCCC(C)(C)C2)cc1. The summed E-state index contributed by atoms with van der Waals surface area (Å²) < 4.78 is 5.20. The first-order chi connectivity index (χ1) is 9.48. The Bertz CT molecular complexity index is 410. The molecule has 1 saturated carbocycles. The van der Waals surface area contributed by atoms with Crippen molar-refractivity contribution < 1.29 is 4.74 Å². The largest absolute Gasteiger partial charge is 0.497 e. The summed E-state index contributed by atoms with van der Waals surface area (Å²) in [7, 11) is 1.71. The molecule has 0 heterocycles. The van der Waals surface area contributed by atoms with Gasteiger partial charge in [-0.3, -0.25) is 0 Å². The minimum absolute atomic E-state index is 0.510. The second-order valence-corrected chi connectivity index (χ2v) is 7.08. The maximum Gasteiger partial charge on any atom is 0.118 e. The van der Waals surface area contributed by atoms with Crippen LogP contribution in [0.2, 0.25) is 0 Å². The quantitative estimate of drug-likeness (QED) is 0.870. The molecule has 1 aromatic rings. The average molecular weight is 275 g/mol. The average Bonchev–Trinajstić information content (AvgIpc) is 2.38. The minimum atomic E-state index is 0.510. The zero-order valence-electron chi connectivity index (χ0n) is 13.4. The molecule has 2 nitrogen and oxygen atoms in total. The van der Waals surface area contributed by atoms with E-state index in [4.69, 9.17) is 4.74 Å². The van der Waals surface area contributed by atoms with E-state index in [1.54, 1.807) is 7.11 Å². The fourth-order valence-corrected chi connectivity index (χ4v) is 3.42. The number of hydrogen-bond acceptors (Lipinski definition) is 2. The smallest absolute Gasteiger partial charge is 0.118 e. The van der Waals surface area contributed by atoms with E-state index in [2.05, 4.69) is 38.2 Å². The van der Waals surface area contributed by atoms with Crippen LogP contribution in [0, 0.1) is 5.41 Å². The maximum absolute atomic E-state index is 5.20. The van der Waals surface area contributed by atoms with Crippen molar-refractivity contribution >= 4 is 0 Å². The van der Waals surface area contributed by atoms with E-state index in [-0.39, 0.29) is 0 Å². The van der Waals surface area contributed by atoms with Gasteiger partial charge in [-0.1, -0.05) is 32.4 Å². The van der Waals surface area contributed by atoms with Crippen LogP contribution in [0.5, 0.6) is 5.75 Å². The van der Waals surface area contributed by atoms with E-state index in [0.29, 0.717) is 17.5 Å². The first kappa shape index (κ1) is 15.4. The lowest BCUT2D eigenvalue weighted by molar-refractivity contribution is 0.190. The molecule has 0 radical (unpaired) electrons. The van der Waals surface area contributed by atoms with Gasteiger partial charge in [-0.25, -0.2) is 0 Å². The highest BCUT2D eigenvalue weighted by molar-refractivity contribution is 5.27. The topological polar surface area (TPSA) is 21.3 Å². The fraction of sp³-hybridized carbons (Fsp3) is 0.667. The molecule has 0 bridgehead atoms. The van der Waals surface area contributed by atoms with Crippen LogP contribution in [-0.2, 0) is 6.42 Å². The molecule has 1 fully saturated rings. The van der Waals surface area contributed by atoms with Crippen molar-refractivity contribution in [2.45, 2.75) is 65.0 Å². The van der Waals surface area contributed by atoms with Gasteiger partial charge in [-0.05, 0) is 55.7 Å². The van der Waals surface area contributed by atoms with Crippen molar-refractivity contribution in [2.75, 3.05) is 7.11 Å². The summed E-state index contributed by atoms with van der Waals surface area (Å²) in [5.41, 5.74) is 1.89. The standard InChI is InChI=1S/C18H29NO/c1-14(12-15-7-9-17(20-4)10-8-15)19-16-6-5-11-18(2,3)13-16/h7-10,14,16,19H,5-6,11-13H2,1-4H3. The van der Waals surface area contributed by atoms with Gasteiger partial charge in [0.1, 0.15) is 5.75 Å². The van der Waals surface area contributed by atoms with E-state index in [1.165, 1.54) is 31.2 Å². The highest BCUT2D eigenvalue weighted by Gasteiger charge is 2.28.